The summed E-state index contributed by atoms with van der Waals surface area (Å²) in [5.41, 5.74) is 1.40. The lowest BCUT2D eigenvalue weighted by Gasteiger charge is -2.39. The molecule has 2 heterocycles. The highest BCUT2D eigenvalue weighted by atomic mass is 16.6. The van der Waals surface area contributed by atoms with Crippen molar-refractivity contribution in [2.75, 3.05) is 0 Å². The van der Waals surface area contributed by atoms with Crippen molar-refractivity contribution in [2.45, 2.75) is 71.1 Å². The zero-order valence-corrected chi connectivity index (χ0v) is 15.9. The predicted octanol–water partition coefficient (Wildman–Crippen LogP) is 4.23. The smallest absolute Gasteiger partial charge is 0.410 e. The van der Waals surface area contributed by atoms with Crippen LogP contribution in [-0.2, 0) is 4.74 Å². The second-order valence-corrected chi connectivity index (χ2v) is 8.47. The molecule has 1 amide bonds. The van der Waals surface area contributed by atoms with Gasteiger partial charge in [0.05, 0.1) is 11.6 Å². The number of aryl methyl sites for hydroxylation is 1. The van der Waals surface area contributed by atoms with Crippen molar-refractivity contribution < 1.29 is 14.3 Å². The lowest BCUT2D eigenvalue weighted by Crippen LogP contribution is -2.49. The van der Waals surface area contributed by atoms with E-state index in [4.69, 9.17) is 4.74 Å². The number of rotatable bonds is 2. The minimum Gasteiger partial charge on any atom is -0.444 e. The van der Waals surface area contributed by atoms with Crippen LogP contribution in [0.25, 0.3) is 0 Å². The normalized spacial score (nSPS) is 24.9. The van der Waals surface area contributed by atoms with Gasteiger partial charge in [-0.1, -0.05) is 11.6 Å². The maximum Gasteiger partial charge on any atom is 0.410 e. The molecule has 1 aromatic carbocycles. The molecule has 2 fully saturated rings. The SMILES string of the molecule is Cc1ccc(C#N)c(C(=O)C2CC3CCC(C2)N3C(=O)OC(C)(C)C)c1. The highest BCUT2D eigenvalue weighted by Gasteiger charge is 2.46. The average Bonchev–Trinajstić information content (AvgIpc) is 2.83. The first-order chi connectivity index (χ1) is 12.2. The van der Waals surface area contributed by atoms with E-state index in [-0.39, 0.29) is 29.9 Å². The lowest BCUT2D eigenvalue weighted by molar-refractivity contribution is 0.00254. The van der Waals surface area contributed by atoms with Crippen LogP contribution in [0.2, 0.25) is 0 Å². The summed E-state index contributed by atoms with van der Waals surface area (Å²) in [6.45, 7) is 7.52. The molecule has 1 aromatic rings. The fourth-order valence-electron chi connectivity index (χ4n) is 4.18. The second kappa shape index (κ2) is 6.75. The molecule has 5 heteroatoms. The van der Waals surface area contributed by atoms with Crippen LogP contribution in [0, 0.1) is 24.2 Å². The Hall–Kier alpha value is -2.35. The van der Waals surface area contributed by atoms with Crippen LogP contribution in [0.5, 0.6) is 0 Å². The highest BCUT2D eigenvalue weighted by molar-refractivity contribution is 6.00. The number of ether oxygens (including phenoxy) is 1. The molecule has 2 aliphatic heterocycles. The third kappa shape index (κ3) is 3.60. The van der Waals surface area contributed by atoms with Crippen molar-refractivity contribution in [1.29, 1.82) is 5.26 Å². The van der Waals surface area contributed by atoms with E-state index in [1.807, 2.05) is 44.7 Å². The fourth-order valence-corrected chi connectivity index (χ4v) is 4.18. The topological polar surface area (TPSA) is 70.4 Å². The Labute approximate surface area is 154 Å². The predicted molar refractivity (Wildman–Crippen MR) is 97.8 cm³/mol. The number of nitrogens with zero attached hydrogens (tertiary/aromatic N) is 2. The van der Waals surface area contributed by atoms with Gasteiger partial charge in [-0.15, -0.1) is 0 Å². The second-order valence-electron chi connectivity index (χ2n) is 8.47. The van der Waals surface area contributed by atoms with E-state index in [0.717, 1.165) is 18.4 Å². The Bertz CT molecular complexity index is 758. The highest BCUT2D eigenvalue weighted by Crippen LogP contribution is 2.41. The van der Waals surface area contributed by atoms with Gasteiger partial charge in [-0.25, -0.2) is 4.79 Å². The fraction of sp³-hybridized carbons (Fsp3) is 0.571. The summed E-state index contributed by atoms with van der Waals surface area (Å²) in [5.74, 6) is -0.105. The van der Waals surface area contributed by atoms with Crippen LogP contribution < -0.4 is 0 Å². The van der Waals surface area contributed by atoms with E-state index < -0.39 is 5.60 Å². The van der Waals surface area contributed by atoms with E-state index in [0.29, 0.717) is 24.0 Å². The van der Waals surface area contributed by atoms with Crippen LogP contribution in [0.15, 0.2) is 18.2 Å². The molecule has 2 unspecified atom stereocenters. The minimum atomic E-state index is -0.521. The molecule has 26 heavy (non-hydrogen) atoms. The summed E-state index contributed by atoms with van der Waals surface area (Å²) in [6.07, 6.45) is 2.84. The Kier molecular flexibility index (Phi) is 4.79. The van der Waals surface area contributed by atoms with E-state index in [1.54, 1.807) is 6.07 Å². The van der Waals surface area contributed by atoms with Crippen molar-refractivity contribution in [3.63, 3.8) is 0 Å². The number of piperidine rings is 1. The molecule has 2 atom stereocenters. The van der Waals surface area contributed by atoms with E-state index in [2.05, 4.69) is 6.07 Å². The number of Topliss-reactive ketones (excluding diaryl/α,β-unsaturated/α-hetero) is 1. The van der Waals surface area contributed by atoms with Gasteiger partial charge in [-0.2, -0.15) is 5.26 Å². The van der Waals surface area contributed by atoms with Gasteiger partial charge in [-0.05, 0) is 65.5 Å². The third-order valence-corrected chi connectivity index (χ3v) is 5.27. The molecule has 2 aliphatic rings. The number of fused-ring (bicyclic) bond motifs is 2. The first-order valence-electron chi connectivity index (χ1n) is 9.26. The Morgan fingerprint density at radius 3 is 2.35 bits per heavy atom. The molecule has 0 saturated carbocycles. The Balaban J connectivity index is 1.77. The minimum absolute atomic E-state index is 0.0333. The van der Waals surface area contributed by atoms with Crippen molar-refractivity contribution >= 4 is 11.9 Å². The molecule has 3 rings (SSSR count). The van der Waals surface area contributed by atoms with Crippen LogP contribution >= 0.6 is 0 Å². The monoisotopic (exact) mass is 354 g/mol. The van der Waals surface area contributed by atoms with Gasteiger partial charge in [0.2, 0.25) is 0 Å². The maximum absolute atomic E-state index is 13.1. The quantitative estimate of drug-likeness (QED) is 0.745. The average molecular weight is 354 g/mol. The van der Waals surface area contributed by atoms with E-state index in [1.165, 1.54) is 0 Å². The van der Waals surface area contributed by atoms with Crippen molar-refractivity contribution in [2.24, 2.45) is 5.92 Å². The molecule has 0 N–H and O–H groups in total. The lowest BCUT2D eigenvalue weighted by atomic mass is 9.83. The molecule has 0 aromatic heterocycles. The molecule has 0 radical (unpaired) electrons. The van der Waals surface area contributed by atoms with Crippen molar-refractivity contribution in [3.8, 4) is 6.07 Å². The number of ketones is 1. The van der Waals surface area contributed by atoms with Gasteiger partial charge in [0, 0.05) is 23.6 Å². The van der Waals surface area contributed by atoms with Gasteiger partial charge in [-0.3, -0.25) is 4.79 Å². The van der Waals surface area contributed by atoms with E-state index in [9.17, 15) is 14.9 Å². The Morgan fingerprint density at radius 1 is 1.19 bits per heavy atom. The van der Waals surface area contributed by atoms with Gasteiger partial charge in [0.25, 0.3) is 0 Å². The van der Waals surface area contributed by atoms with Crippen molar-refractivity contribution in [1.82, 2.24) is 4.90 Å². The number of hydrogen-bond acceptors (Lipinski definition) is 4. The number of nitriles is 1. The summed E-state index contributed by atoms with van der Waals surface area (Å²) in [6, 6.07) is 7.60. The molecular weight excluding hydrogens is 328 g/mol. The molecule has 138 valence electrons. The molecular formula is C21H26N2O3. The summed E-state index contributed by atoms with van der Waals surface area (Å²) in [4.78, 5) is 27.5. The largest absolute Gasteiger partial charge is 0.444 e. The third-order valence-electron chi connectivity index (χ3n) is 5.27. The number of carbonyl (C=O) groups is 2. The van der Waals surface area contributed by atoms with E-state index >= 15 is 0 Å². The molecule has 2 saturated heterocycles. The summed E-state index contributed by atoms with van der Waals surface area (Å²) >= 11 is 0. The molecule has 0 spiro atoms. The molecule has 0 aliphatic carbocycles. The zero-order valence-electron chi connectivity index (χ0n) is 15.9. The van der Waals surface area contributed by atoms with Crippen molar-refractivity contribution in [3.05, 3.63) is 34.9 Å². The number of carbonyl (C=O) groups excluding carboxylic acids is 2. The van der Waals surface area contributed by atoms with Gasteiger partial charge < -0.3 is 9.64 Å². The molecule has 5 nitrogen and oxygen atoms in total. The van der Waals surface area contributed by atoms with Gasteiger partial charge in [0.1, 0.15) is 5.60 Å². The number of benzene rings is 1. The first-order valence-corrected chi connectivity index (χ1v) is 9.26. The van der Waals surface area contributed by atoms with Crippen LogP contribution in [0.3, 0.4) is 0 Å². The first kappa shape index (κ1) is 18.4. The van der Waals surface area contributed by atoms with Crippen LogP contribution in [-0.4, -0.2) is 34.5 Å². The standard InChI is InChI=1S/C21H26N2O3/c1-13-5-6-14(12-22)18(9-13)19(24)15-10-16-7-8-17(11-15)23(16)20(25)26-21(2,3)4/h5-6,9,15-17H,7-8,10-11H2,1-4H3. The van der Waals surface area contributed by atoms with Crippen LogP contribution in [0.4, 0.5) is 4.79 Å². The van der Waals surface area contributed by atoms with Gasteiger partial charge >= 0.3 is 6.09 Å². The summed E-state index contributed by atoms with van der Waals surface area (Å²) < 4.78 is 5.55. The number of amides is 1. The zero-order chi connectivity index (χ0) is 19.1. The summed E-state index contributed by atoms with van der Waals surface area (Å²) in [7, 11) is 0. The molecule has 2 bridgehead atoms. The Morgan fingerprint density at radius 2 is 1.81 bits per heavy atom. The number of hydrogen-bond donors (Lipinski definition) is 0. The van der Waals surface area contributed by atoms with Crippen LogP contribution in [0.1, 0.15) is 67.9 Å². The summed E-state index contributed by atoms with van der Waals surface area (Å²) in [5, 5.41) is 9.32. The van der Waals surface area contributed by atoms with Gasteiger partial charge in [0.15, 0.2) is 5.78 Å². The maximum atomic E-state index is 13.1.